The fourth-order valence-corrected chi connectivity index (χ4v) is 5.59. The zero-order chi connectivity index (χ0) is 26.3. The van der Waals surface area contributed by atoms with Gasteiger partial charge in [-0.15, -0.1) is 0 Å². The van der Waals surface area contributed by atoms with Gasteiger partial charge in [0.25, 0.3) is 5.91 Å². The lowest BCUT2D eigenvalue weighted by atomic mass is 9.94. The summed E-state index contributed by atoms with van der Waals surface area (Å²) in [5, 5.41) is 14.0. The number of piperidine rings is 1. The molecule has 0 aromatic heterocycles. The van der Waals surface area contributed by atoms with E-state index in [2.05, 4.69) is 12.2 Å². The number of esters is 1. The third-order valence-electron chi connectivity index (χ3n) is 7.46. The molecule has 0 bridgehead atoms. The smallest absolute Gasteiger partial charge is 0.311 e. The van der Waals surface area contributed by atoms with Crippen LogP contribution in [0.25, 0.3) is 0 Å². The van der Waals surface area contributed by atoms with Gasteiger partial charge >= 0.3 is 5.97 Å². The van der Waals surface area contributed by atoms with Crippen LogP contribution in [0.5, 0.6) is 11.5 Å². The van der Waals surface area contributed by atoms with Gasteiger partial charge in [0.2, 0.25) is 0 Å². The maximum atomic E-state index is 13.8. The number of aryl methyl sites for hydroxylation is 3. The highest BCUT2D eigenvalue weighted by Gasteiger charge is 2.44. The highest BCUT2D eigenvalue weighted by Crippen LogP contribution is 2.36. The molecule has 2 N–H and O–H groups in total. The maximum absolute atomic E-state index is 13.8. The van der Waals surface area contributed by atoms with E-state index in [0.29, 0.717) is 23.9 Å². The first kappa shape index (κ1) is 27.7. The molecule has 0 saturated carbocycles. The van der Waals surface area contributed by atoms with Crippen LogP contribution in [0.3, 0.4) is 0 Å². The highest BCUT2D eigenvalue weighted by molar-refractivity contribution is 5.95. The number of carbonyl (C=O) groups excluding carboxylic acids is 2. The fourth-order valence-electron chi connectivity index (χ4n) is 5.59. The largest absolute Gasteiger partial charge is 0.504 e. The van der Waals surface area contributed by atoms with Gasteiger partial charge in [0.05, 0.1) is 13.1 Å². The Balaban J connectivity index is 1.92. The van der Waals surface area contributed by atoms with Gasteiger partial charge in [0.1, 0.15) is 6.54 Å². The summed E-state index contributed by atoms with van der Waals surface area (Å²) in [6.07, 6.45) is 6.06. The Labute approximate surface area is 216 Å². The van der Waals surface area contributed by atoms with Crippen LogP contribution in [0.15, 0.2) is 30.3 Å². The summed E-state index contributed by atoms with van der Waals surface area (Å²) < 4.78 is 6.12. The molecule has 2 atom stereocenters. The van der Waals surface area contributed by atoms with E-state index < -0.39 is 0 Å². The van der Waals surface area contributed by atoms with E-state index in [0.717, 1.165) is 73.1 Å². The van der Waals surface area contributed by atoms with Gasteiger partial charge in [0.15, 0.2) is 17.5 Å². The van der Waals surface area contributed by atoms with Crippen molar-refractivity contribution in [3.05, 3.63) is 52.6 Å². The number of likely N-dealkylation sites (tertiary alicyclic amines) is 1. The van der Waals surface area contributed by atoms with Crippen LogP contribution in [0.1, 0.15) is 81.0 Å². The molecule has 3 rings (SSSR count). The minimum atomic E-state index is -0.339. The number of hydrogen-bond donors (Lipinski definition) is 2. The van der Waals surface area contributed by atoms with Crippen molar-refractivity contribution in [3.8, 4) is 11.5 Å². The predicted octanol–water partition coefficient (Wildman–Crippen LogP) is 6.33. The van der Waals surface area contributed by atoms with E-state index in [1.807, 2.05) is 52.0 Å². The van der Waals surface area contributed by atoms with Crippen LogP contribution >= 0.6 is 0 Å². The van der Waals surface area contributed by atoms with Crippen molar-refractivity contribution in [1.82, 2.24) is 0 Å². The van der Waals surface area contributed by atoms with E-state index >= 15 is 0 Å². The lowest BCUT2D eigenvalue weighted by molar-refractivity contribution is -0.959. The second-order valence-corrected chi connectivity index (χ2v) is 10.4. The Hall–Kier alpha value is -2.86. The Morgan fingerprint density at radius 3 is 2.42 bits per heavy atom. The van der Waals surface area contributed by atoms with Crippen LogP contribution in [0, 0.1) is 20.8 Å². The first-order valence-corrected chi connectivity index (χ1v) is 13.5. The average Bonchev–Trinajstić information content (AvgIpc) is 2.83. The molecule has 1 fully saturated rings. The molecule has 1 saturated heterocycles. The van der Waals surface area contributed by atoms with Crippen molar-refractivity contribution in [3.63, 3.8) is 0 Å². The maximum Gasteiger partial charge on any atom is 0.311 e. The quantitative estimate of drug-likeness (QED) is 0.229. The summed E-state index contributed by atoms with van der Waals surface area (Å²) in [6, 6.07) is 9.62. The number of para-hydroxylation sites is 1. The van der Waals surface area contributed by atoms with Gasteiger partial charge < -0.3 is 19.6 Å². The van der Waals surface area contributed by atoms with Crippen molar-refractivity contribution < 1.29 is 23.9 Å². The van der Waals surface area contributed by atoms with Gasteiger partial charge in [-0.1, -0.05) is 38.5 Å². The number of phenolic OH excluding ortho intramolecular Hbond substituents is 1. The number of benzene rings is 2. The number of ether oxygens (including phenoxy) is 1. The molecule has 0 spiro atoms. The summed E-state index contributed by atoms with van der Waals surface area (Å²) in [4.78, 5) is 25.8. The van der Waals surface area contributed by atoms with E-state index in [9.17, 15) is 14.7 Å². The Kier molecular flexibility index (Phi) is 9.55. The van der Waals surface area contributed by atoms with Gasteiger partial charge in [-0.3, -0.25) is 9.59 Å². The zero-order valence-corrected chi connectivity index (χ0v) is 22.7. The van der Waals surface area contributed by atoms with Crippen molar-refractivity contribution in [2.24, 2.45) is 0 Å². The highest BCUT2D eigenvalue weighted by atomic mass is 16.5. The second kappa shape index (κ2) is 12.4. The van der Waals surface area contributed by atoms with Crippen LogP contribution in [-0.2, 0) is 16.1 Å². The summed E-state index contributed by atoms with van der Waals surface area (Å²) in [7, 11) is 0. The number of phenols is 1. The summed E-state index contributed by atoms with van der Waals surface area (Å²) in [6.45, 7) is 12.5. The first-order chi connectivity index (χ1) is 17.2. The molecule has 2 unspecified atom stereocenters. The summed E-state index contributed by atoms with van der Waals surface area (Å²) >= 11 is 0. The van der Waals surface area contributed by atoms with Crippen molar-refractivity contribution >= 4 is 17.6 Å². The topological polar surface area (TPSA) is 75.6 Å². The standard InChI is InChI=1S/C30H42N2O4/c1-6-8-16-32(20-24-18-23(5)29(26(33)19-24)36-27(34)12-7-2)17-10-9-15-25(32)30(35)31-28-21(3)13-11-14-22(28)4/h11,13-14,18-19,25H,6-10,12,15-17,20H2,1-5H3,(H-,31,33,35)/p+1. The van der Waals surface area contributed by atoms with Crippen molar-refractivity contribution in [2.45, 2.75) is 92.2 Å². The SMILES string of the molecule is CCCC[N+]1(Cc2cc(C)c(OC(=O)CCC)c(O)c2)CCCCC1C(=O)Nc1c(C)cccc1C. The Bertz CT molecular complexity index is 1040. The van der Waals surface area contributed by atoms with Gasteiger partial charge in [-0.05, 0) is 75.3 Å². The molecule has 36 heavy (non-hydrogen) atoms. The lowest BCUT2D eigenvalue weighted by Crippen LogP contribution is -2.62. The molecule has 1 aliphatic heterocycles. The average molecular weight is 496 g/mol. The number of anilines is 1. The predicted molar refractivity (Wildman–Crippen MR) is 144 cm³/mol. The number of aromatic hydroxyl groups is 1. The van der Waals surface area contributed by atoms with Gasteiger partial charge in [0, 0.05) is 24.1 Å². The fraction of sp³-hybridized carbons (Fsp3) is 0.533. The van der Waals surface area contributed by atoms with Crippen molar-refractivity contribution in [2.75, 3.05) is 18.4 Å². The van der Waals surface area contributed by atoms with Crippen molar-refractivity contribution in [1.29, 1.82) is 0 Å². The summed E-state index contributed by atoms with van der Waals surface area (Å²) in [5.74, 6) is -0.0412. The molecule has 1 heterocycles. The van der Waals surface area contributed by atoms with E-state index in [1.54, 1.807) is 6.07 Å². The first-order valence-electron chi connectivity index (χ1n) is 13.5. The molecule has 2 aromatic carbocycles. The third-order valence-corrected chi connectivity index (χ3v) is 7.46. The van der Waals surface area contributed by atoms with Gasteiger partial charge in [-0.2, -0.15) is 0 Å². The molecule has 0 aliphatic carbocycles. The van der Waals surface area contributed by atoms with Gasteiger partial charge in [-0.25, -0.2) is 0 Å². The molecular formula is C30H43N2O4+. The molecule has 6 nitrogen and oxygen atoms in total. The second-order valence-electron chi connectivity index (χ2n) is 10.4. The van der Waals surface area contributed by atoms with Crippen LogP contribution in [0.2, 0.25) is 0 Å². The minimum absolute atomic E-state index is 0.0170. The minimum Gasteiger partial charge on any atom is -0.504 e. The molecule has 1 amide bonds. The van der Waals surface area contributed by atoms with E-state index in [4.69, 9.17) is 4.74 Å². The molecule has 196 valence electrons. The van der Waals surface area contributed by atoms with E-state index in [-0.39, 0.29) is 29.4 Å². The number of quaternary nitrogens is 1. The Morgan fingerprint density at radius 1 is 1.06 bits per heavy atom. The molecule has 6 heteroatoms. The summed E-state index contributed by atoms with van der Waals surface area (Å²) in [5.41, 5.74) is 4.74. The van der Waals surface area contributed by atoms with E-state index in [1.165, 1.54) is 0 Å². The number of amides is 1. The number of unbranched alkanes of at least 4 members (excludes halogenated alkanes) is 1. The molecule has 2 aromatic rings. The molecule has 1 aliphatic rings. The number of hydrogen-bond acceptors (Lipinski definition) is 4. The number of nitrogens with one attached hydrogen (secondary N) is 1. The third kappa shape index (κ3) is 6.47. The number of nitrogens with zero attached hydrogens (tertiary/aromatic N) is 1. The number of carbonyl (C=O) groups is 2. The normalized spacial score (nSPS) is 19.6. The van der Waals surface area contributed by atoms with Crippen LogP contribution in [0.4, 0.5) is 5.69 Å². The molecular weight excluding hydrogens is 452 g/mol. The number of rotatable bonds is 10. The van der Waals surface area contributed by atoms with Crippen LogP contribution in [-0.4, -0.2) is 40.6 Å². The zero-order valence-electron chi connectivity index (χ0n) is 22.7. The monoisotopic (exact) mass is 495 g/mol. The lowest BCUT2D eigenvalue weighted by Gasteiger charge is -2.47. The molecule has 0 radical (unpaired) electrons. The van der Waals surface area contributed by atoms with Crippen LogP contribution < -0.4 is 10.1 Å². The Morgan fingerprint density at radius 2 is 1.78 bits per heavy atom.